The third-order valence-electron chi connectivity index (χ3n) is 2.09. The van der Waals surface area contributed by atoms with E-state index in [1.807, 2.05) is 6.07 Å². The molecule has 0 aliphatic heterocycles. The fraction of sp³-hybridized carbons (Fsp3) is 0.200. The van der Waals surface area contributed by atoms with Gasteiger partial charge in [-0.3, -0.25) is 4.98 Å². The highest BCUT2D eigenvalue weighted by molar-refractivity contribution is 5.84. The van der Waals surface area contributed by atoms with Crippen LogP contribution in [0.4, 0.5) is 0 Å². The lowest BCUT2D eigenvalue weighted by Crippen LogP contribution is -2.00. The van der Waals surface area contributed by atoms with E-state index in [0.717, 1.165) is 29.7 Å². The second-order valence-electron chi connectivity index (χ2n) is 2.85. The Balaban J connectivity index is 2.61. The molecule has 2 heteroatoms. The molecular weight excluding hydrogens is 148 g/mol. The molecule has 1 aromatic heterocycles. The number of hydrogen-bond donors (Lipinski definition) is 1. The van der Waals surface area contributed by atoms with Gasteiger partial charge in [-0.2, -0.15) is 0 Å². The van der Waals surface area contributed by atoms with E-state index in [9.17, 15) is 0 Å². The van der Waals surface area contributed by atoms with Crippen LogP contribution in [-0.4, -0.2) is 11.2 Å². The Kier molecular flexibility index (Phi) is 1.74. The summed E-state index contributed by atoms with van der Waals surface area (Å²) in [7, 11) is 0. The summed E-state index contributed by atoms with van der Waals surface area (Å²) in [4.78, 5) is 4.27. The van der Waals surface area contributed by atoms with E-state index in [1.54, 1.807) is 6.20 Å². The summed E-state index contributed by atoms with van der Waals surface area (Å²) < 4.78 is 0. The van der Waals surface area contributed by atoms with E-state index in [2.05, 4.69) is 17.1 Å². The predicted molar refractivity (Wildman–Crippen MR) is 49.5 cm³/mol. The molecule has 0 spiro atoms. The fourth-order valence-electron chi connectivity index (χ4n) is 1.47. The van der Waals surface area contributed by atoms with Gasteiger partial charge in [-0.25, -0.2) is 0 Å². The zero-order valence-electron chi connectivity index (χ0n) is 6.75. The zero-order valence-corrected chi connectivity index (χ0v) is 6.75. The molecule has 12 heavy (non-hydrogen) atoms. The van der Waals surface area contributed by atoms with Gasteiger partial charge in [0, 0.05) is 29.2 Å². The van der Waals surface area contributed by atoms with Gasteiger partial charge < -0.3 is 5.41 Å². The second-order valence-corrected chi connectivity index (χ2v) is 2.85. The van der Waals surface area contributed by atoms with Crippen LogP contribution in [0.2, 0.25) is 0 Å². The Bertz CT molecular complexity index is 340. The lowest BCUT2D eigenvalue weighted by atomic mass is 9.99. The third-order valence-corrected chi connectivity index (χ3v) is 2.09. The average Bonchev–Trinajstić information content (AvgIpc) is 2.17. The maximum Gasteiger partial charge on any atom is 0.0485 e. The van der Waals surface area contributed by atoms with E-state index in [-0.39, 0.29) is 0 Å². The summed E-state index contributed by atoms with van der Waals surface area (Å²) in [5.41, 5.74) is 3.22. The van der Waals surface area contributed by atoms with Gasteiger partial charge in [0.05, 0.1) is 0 Å². The van der Waals surface area contributed by atoms with Gasteiger partial charge >= 0.3 is 0 Å². The predicted octanol–water partition coefficient (Wildman–Crippen LogP) is 2.04. The van der Waals surface area contributed by atoms with Crippen molar-refractivity contribution in [3.63, 3.8) is 0 Å². The largest absolute Gasteiger partial charge is 0.308 e. The monoisotopic (exact) mass is 158 g/mol. The molecule has 1 N–H and O–H groups in total. The van der Waals surface area contributed by atoms with E-state index < -0.39 is 0 Å². The van der Waals surface area contributed by atoms with Gasteiger partial charge in [0.25, 0.3) is 0 Å². The van der Waals surface area contributed by atoms with E-state index >= 15 is 0 Å². The molecule has 0 aromatic carbocycles. The molecular formula is C10H10N2. The lowest BCUT2D eigenvalue weighted by Gasteiger charge is -2.10. The van der Waals surface area contributed by atoms with Crippen LogP contribution in [0.25, 0.3) is 6.08 Å². The summed E-state index contributed by atoms with van der Waals surface area (Å²) in [6, 6.07) is 1.88. The number of allylic oxidation sites excluding steroid dienone is 1. The molecule has 0 atom stereocenters. The first-order chi connectivity index (χ1) is 5.92. The molecule has 1 aromatic rings. The molecule has 1 aliphatic rings. The number of rotatable bonds is 1. The van der Waals surface area contributed by atoms with Gasteiger partial charge in [-0.1, -0.05) is 12.2 Å². The Morgan fingerprint density at radius 2 is 2.42 bits per heavy atom. The number of fused-ring (bicyclic) bond motifs is 1. The first-order valence-corrected chi connectivity index (χ1v) is 4.06. The van der Waals surface area contributed by atoms with Gasteiger partial charge in [0.15, 0.2) is 0 Å². The standard InChI is InChI=1S/C10H10N2/c11-7-8-5-6-12-10-4-2-1-3-9(8)10/h1,3,5-7,11H,2,4H2. The van der Waals surface area contributed by atoms with Gasteiger partial charge in [-0.15, -0.1) is 0 Å². The number of nitrogens with one attached hydrogen (secondary N) is 1. The molecule has 2 nitrogen and oxygen atoms in total. The van der Waals surface area contributed by atoms with Gasteiger partial charge in [0.2, 0.25) is 0 Å². The number of pyridine rings is 1. The molecule has 60 valence electrons. The minimum absolute atomic E-state index is 0.968. The van der Waals surface area contributed by atoms with Crippen LogP contribution < -0.4 is 0 Å². The van der Waals surface area contributed by atoms with E-state index in [4.69, 9.17) is 5.41 Å². The lowest BCUT2D eigenvalue weighted by molar-refractivity contribution is 0.926. The van der Waals surface area contributed by atoms with Crippen molar-refractivity contribution in [1.29, 1.82) is 5.41 Å². The SMILES string of the molecule is N=Cc1ccnc2c1C=CCC2. The van der Waals surface area contributed by atoms with Crippen LogP contribution in [0.5, 0.6) is 0 Å². The van der Waals surface area contributed by atoms with Crippen LogP contribution in [0, 0.1) is 5.41 Å². The van der Waals surface area contributed by atoms with Gasteiger partial charge in [-0.05, 0) is 18.9 Å². The number of aromatic nitrogens is 1. The number of aryl methyl sites for hydroxylation is 1. The van der Waals surface area contributed by atoms with Crippen molar-refractivity contribution in [2.45, 2.75) is 12.8 Å². The van der Waals surface area contributed by atoms with Crippen LogP contribution in [0.1, 0.15) is 23.2 Å². The smallest absolute Gasteiger partial charge is 0.0485 e. The fourth-order valence-corrected chi connectivity index (χ4v) is 1.47. The summed E-state index contributed by atoms with van der Waals surface area (Å²) in [5.74, 6) is 0. The average molecular weight is 158 g/mol. The van der Waals surface area contributed by atoms with E-state index in [0.29, 0.717) is 0 Å². The first-order valence-electron chi connectivity index (χ1n) is 4.06. The number of nitrogens with zero attached hydrogens (tertiary/aromatic N) is 1. The minimum atomic E-state index is 0.968. The maximum atomic E-state index is 7.20. The molecule has 0 unspecified atom stereocenters. The first kappa shape index (κ1) is 7.22. The summed E-state index contributed by atoms with van der Waals surface area (Å²) in [5, 5.41) is 7.20. The molecule has 0 saturated carbocycles. The van der Waals surface area contributed by atoms with Crippen LogP contribution in [0.15, 0.2) is 18.3 Å². The normalized spacial score (nSPS) is 14.0. The van der Waals surface area contributed by atoms with Crippen LogP contribution >= 0.6 is 0 Å². The Morgan fingerprint density at radius 1 is 1.50 bits per heavy atom. The molecule has 0 radical (unpaired) electrons. The van der Waals surface area contributed by atoms with Crippen LogP contribution in [0.3, 0.4) is 0 Å². The Morgan fingerprint density at radius 3 is 3.25 bits per heavy atom. The molecule has 1 aliphatic carbocycles. The minimum Gasteiger partial charge on any atom is -0.308 e. The highest BCUT2D eigenvalue weighted by atomic mass is 14.7. The Hall–Kier alpha value is -1.44. The summed E-state index contributed by atoms with van der Waals surface area (Å²) in [6.07, 6.45) is 9.44. The van der Waals surface area contributed by atoms with Crippen molar-refractivity contribution < 1.29 is 0 Å². The zero-order chi connectivity index (χ0) is 8.39. The van der Waals surface area contributed by atoms with Crippen molar-refractivity contribution in [2.24, 2.45) is 0 Å². The number of hydrogen-bond acceptors (Lipinski definition) is 2. The second kappa shape index (κ2) is 2.89. The highest BCUT2D eigenvalue weighted by Crippen LogP contribution is 2.19. The van der Waals surface area contributed by atoms with Crippen LogP contribution in [-0.2, 0) is 6.42 Å². The topological polar surface area (TPSA) is 36.7 Å². The molecule has 0 amide bonds. The van der Waals surface area contributed by atoms with Crippen molar-refractivity contribution in [3.05, 3.63) is 35.2 Å². The molecule has 0 fully saturated rings. The van der Waals surface area contributed by atoms with E-state index in [1.165, 1.54) is 6.21 Å². The molecule has 0 bridgehead atoms. The Labute approximate surface area is 71.5 Å². The molecule has 1 heterocycles. The van der Waals surface area contributed by atoms with Crippen molar-refractivity contribution in [1.82, 2.24) is 4.98 Å². The summed E-state index contributed by atoms with van der Waals surface area (Å²) >= 11 is 0. The van der Waals surface area contributed by atoms with Gasteiger partial charge in [0.1, 0.15) is 0 Å². The highest BCUT2D eigenvalue weighted by Gasteiger charge is 2.07. The van der Waals surface area contributed by atoms with Crippen molar-refractivity contribution in [2.75, 3.05) is 0 Å². The maximum absolute atomic E-state index is 7.20. The van der Waals surface area contributed by atoms with Crippen molar-refractivity contribution in [3.8, 4) is 0 Å². The molecule has 2 rings (SSSR count). The summed E-state index contributed by atoms with van der Waals surface area (Å²) in [6.45, 7) is 0. The third kappa shape index (κ3) is 1.05. The van der Waals surface area contributed by atoms with Crippen molar-refractivity contribution >= 4 is 12.3 Å². The molecule has 0 saturated heterocycles. The quantitative estimate of drug-likeness (QED) is 0.624.